The lowest BCUT2D eigenvalue weighted by Crippen LogP contribution is -2.33. The number of fused-ring (bicyclic) bond motifs is 1. The minimum Gasteiger partial charge on any atom is -0.383 e. The van der Waals surface area contributed by atoms with Crippen LogP contribution in [0.2, 0.25) is 0 Å². The zero-order valence-electron chi connectivity index (χ0n) is 13.5. The Kier molecular flexibility index (Phi) is 5.37. The van der Waals surface area contributed by atoms with Gasteiger partial charge in [0.05, 0.1) is 6.61 Å². The number of hydrogen-bond acceptors (Lipinski definition) is 3. The average Bonchev–Trinajstić information content (AvgIpc) is 2.74. The minimum atomic E-state index is 0.128. The number of benzene rings is 1. The lowest BCUT2D eigenvalue weighted by molar-refractivity contribution is -0.116. The molecule has 1 heterocycles. The third kappa shape index (κ3) is 3.83. The number of nitrogens with one attached hydrogen (secondary N) is 1. The molecule has 1 aromatic carbocycles. The van der Waals surface area contributed by atoms with E-state index < -0.39 is 0 Å². The molecule has 1 N–H and O–H groups in total. The largest absolute Gasteiger partial charge is 0.383 e. The Labute approximate surface area is 127 Å². The molecule has 0 aromatic heterocycles. The van der Waals surface area contributed by atoms with Crippen LogP contribution in [0.4, 0.5) is 5.69 Å². The highest BCUT2D eigenvalue weighted by Crippen LogP contribution is 2.33. The van der Waals surface area contributed by atoms with Gasteiger partial charge in [0.25, 0.3) is 0 Å². The van der Waals surface area contributed by atoms with Crippen LogP contribution in [0.15, 0.2) is 18.2 Å². The first kappa shape index (κ1) is 16.0. The number of nitrogens with zero attached hydrogens (tertiary/aromatic N) is 1. The Bertz CT molecular complexity index is 502. The third-order valence-corrected chi connectivity index (χ3v) is 4.04. The highest BCUT2D eigenvalue weighted by atomic mass is 16.5. The Hall–Kier alpha value is -1.39. The van der Waals surface area contributed by atoms with E-state index in [-0.39, 0.29) is 11.9 Å². The van der Waals surface area contributed by atoms with Crippen LogP contribution in [-0.2, 0) is 22.4 Å². The van der Waals surface area contributed by atoms with Gasteiger partial charge >= 0.3 is 0 Å². The van der Waals surface area contributed by atoms with E-state index >= 15 is 0 Å². The summed E-state index contributed by atoms with van der Waals surface area (Å²) in [6.07, 6.45) is 1.94. The molecule has 0 spiro atoms. The SMILES string of the molecule is COCCNC(C)Cc1ccc2c(c1)CC(C)N2C(C)=O. The van der Waals surface area contributed by atoms with Gasteiger partial charge in [0, 0.05) is 38.3 Å². The molecule has 4 heteroatoms. The van der Waals surface area contributed by atoms with Crippen molar-refractivity contribution >= 4 is 11.6 Å². The highest BCUT2D eigenvalue weighted by molar-refractivity contribution is 5.94. The van der Waals surface area contributed by atoms with Crippen LogP contribution in [0.3, 0.4) is 0 Å². The number of ether oxygens (including phenoxy) is 1. The van der Waals surface area contributed by atoms with Gasteiger partial charge in [-0.3, -0.25) is 4.79 Å². The summed E-state index contributed by atoms with van der Waals surface area (Å²) < 4.78 is 5.05. The first-order chi connectivity index (χ1) is 10.0. The monoisotopic (exact) mass is 290 g/mol. The summed E-state index contributed by atoms with van der Waals surface area (Å²) in [6.45, 7) is 7.54. The first-order valence-corrected chi connectivity index (χ1v) is 7.67. The van der Waals surface area contributed by atoms with Crippen molar-refractivity contribution < 1.29 is 9.53 Å². The molecule has 1 aromatic rings. The van der Waals surface area contributed by atoms with Crippen LogP contribution in [0.5, 0.6) is 0 Å². The second-order valence-corrected chi connectivity index (χ2v) is 5.96. The summed E-state index contributed by atoms with van der Waals surface area (Å²) in [7, 11) is 1.72. The van der Waals surface area contributed by atoms with Gasteiger partial charge in [-0.25, -0.2) is 0 Å². The van der Waals surface area contributed by atoms with E-state index in [1.807, 2.05) is 4.90 Å². The van der Waals surface area contributed by atoms with E-state index in [0.29, 0.717) is 6.04 Å². The number of carbonyl (C=O) groups is 1. The van der Waals surface area contributed by atoms with Crippen molar-refractivity contribution in [2.24, 2.45) is 0 Å². The van der Waals surface area contributed by atoms with E-state index in [1.165, 1.54) is 11.1 Å². The van der Waals surface area contributed by atoms with Crippen molar-refractivity contribution in [3.8, 4) is 0 Å². The maximum Gasteiger partial charge on any atom is 0.224 e. The number of carbonyl (C=O) groups excluding carboxylic acids is 1. The summed E-state index contributed by atoms with van der Waals surface area (Å²) in [4.78, 5) is 13.6. The van der Waals surface area contributed by atoms with Crippen molar-refractivity contribution in [3.05, 3.63) is 29.3 Å². The van der Waals surface area contributed by atoms with E-state index in [1.54, 1.807) is 14.0 Å². The molecule has 0 saturated heterocycles. The van der Waals surface area contributed by atoms with Gasteiger partial charge < -0.3 is 15.0 Å². The molecule has 0 bridgehead atoms. The Balaban J connectivity index is 2.02. The summed E-state index contributed by atoms with van der Waals surface area (Å²) >= 11 is 0. The van der Waals surface area contributed by atoms with Gasteiger partial charge in [-0.05, 0) is 43.9 Å². The fourth-order valence-electron chi connectivity index (χ4n) is 3.12. The van der Waals surface area contributed by atoms with E-state index in [9.17, 15) is 4.79 Å². The van der Waals surface area contributed by atoms with Crippen molar-refractivity contribution in [2.75, 3.05) is 25.2 Å². The van der Waals surface area contributed by atoms with E-state index in [2.05, 4.69) is 37.4 Å². The molecule has 116 valence electrons. The lowest BCUT2D eigenvalue weighted by Gasteiger charge is -2.20. The molecule has 0 radical (unpaired) electrons. The Morgan fingerprint density at radius 1 is 1.52 bits per heavy atom. The smallest absolute Gasteiger partial charge is 0.224 e. The number of anilines is 1. The number of rotatable bonds is 6. The standard InChI is InChI=1S/C17H26N2O2/c1-12(18-7-8-21-4)9-15-5-6-17-16(11-15)10-13(2)19(17)14(3)20/h5-6,11-13,18H,7-10H2,1-4H3. The van der Waals surface area contributed by atoms with E-state index in [4.69, 9.17) is 4.74 Å². The maximum atomic E-state index is 11.7. The predicted molar refractivity (Wildman–Crippen MR) is 85.8 cm³/mol. The van der Waals surface area contributed by atoms with Crippen LogP contribution in [0, 0.1) is 0 Å². The third-order valence-electron chi connectivity index (χ3n) is 4.04. The minimum absolute atomic E-state index is 0.128. The predicted octanol–water partition coefficient (Wildman–Crippen LogP) is 2.15. The molecular weight excluding hydrogens is 264 g/mol. The van der Waals surface area contributed by atoms with Crippen LogP contribution in [0.1, 0.15) is 31.9 Å². The molecule has 0 saturated carbocycles. The number of amides is 1. The zero-order valence-corrected chi connectivity index (χ0v) is 13.5. The quantitative estimate of drug-likeness (QED) is 0.816. The molecule has 1 amide bonds. The van der Waals surface area contributed by atoms with Crippen LogP contribution in [0.25, 0.3) is 0 Å². The first-order valence-electron chi connectivity index (χ1n) is 7.67. The average molecular weight is 290 g/mol. The summed E-state index contributed by atoms with van der Waals surface area (Å²) in [5.74, 6) is 0.128. The normalized spacial score (nSPS) is 18.7. The summed E-state index contributed by atoms with van der Waals surface area (Å²) in [6, 6.07) is 7.17. The molecule has 2 unspecified atom stereocenters. The molecule has 1 aliphatic heterocycles. The highest BCUT2D eigenvalue weighted by Gasteiger charge is 2.28. The summed E-state index contributed by atoms with van der Waals surface area (Å²) in [5, 5.41) is 3.45. The molecule has 1 aliphatic rings. The van der Waals surface area contributed by atoms with Crippen LogP contribution < -0.4 is 10.2 Å². The van der Waals surface area contributed by atoms with Gasteiger partial charge in [-0.1, -0.05) is 12.1 Å². The van der Waals surface area contributed by atoms with Gasteiger partial charge in [0.2, 0.25) is 5.91 Å². The van der Waals surface area contributed by atoms with Gasteiger partial charge in [-0.2, -0.15) is 0 Å². The fraction of sp³-hybridized carbons (Fsp3) is 0.588. The molecule has 4 nitrogen and oxygen atoms in total. The molecule has 2 atom stereocenters. The zero-order chi connectivity index (χ0) is 15.4. The van der Waals surface area contributed by atoms with Gasteiger partial charge in [-0.15, -0.1) is 0 Å². The Morgan fingerprint density at radius 3 is 2.95 bits per heavy atom. The van der Waals surface area contributed by atoms with Crippen LogP contribution in [-0.4, -0.2) is 38.3 Å². The molecular formula is C17H26N2O2. The van der Waals surface area contributed by atoms with Gasteiger partial charge in [0.1, 0.15) is 0 Å². The lowest BCUT2D eigenvalue weighted by atomic mass is 10.0. The topological polar surface area (TPSA) is 41.6 Å². The van der Waals surface area contributed by atoms with Gasteiger partial charge in [0.15, 0.2) is 0 Å². The maximum absolute atomic E-state index is 11.7. The van der Waals surface area contributed by atoms with Crippen molar-refractivity contribution in [2.45, 2.75) is 45.7 Å². The molecule has 2 rings (SSSR count). The van der Waals surface area contributed by atoms with Crippen molar-refractivity contribution in [1.82, 2.24) is 5.32 Å². The summed E-state index contributed by atoms with van der Waals surface area (Å²) in [5.41, 5.74) is 3.70. The van der Waals surface area contributed by atoms with Crippen molar-refractivity contribution in [3.63, 3.8) is 0 Å². The molecule has 21 heavy (non-hydrogen) atoms. The van der Waals surface area contributed by atoms with Crippen molar-refractivity contribution in [1.29, 1.82) is 0 Å². The second kappa shape index (κ2) is 7.05. The molecule has 0 aliphatic carbocycles. The second-order valence-electron chi connectivity index (χ2n) is 5.96. The van der Waals surface area contributed by atoms with Crippen LogP contribution >= 0.6 is 0 Å². The number of hydrogen-bond donors (Lipinski definition) is 1. The van der Waals surface area contributed by atoms with E-state index in [0.717, 1.165) is 31.7 Å². The number of methoxy groups -OCH3 is 1. The Morgan fingerprint density at radius 2 is 2.29 bits per heavy atom. The molecule has 0 fully saturated rings. The fourth-order valence-corrected chi connectivity index (χ4v) is 3.12.